The summed E-state index contributed by atoms with van der Waals surface area (Å²) in [7, 11) is 2.81. The SMILES string of the molecule is COc1cc(C2c3cc4c(c(O[C@@H]5O[C@H](CO)[C@@H](O)[C@H](O)[C@H]5O)c3CC3COC(=O)C32)OCO4)cc(OC)c1O. The largest absolute Gasteiger partial charge is 0.502 e. The van der Waals surface area contributed by atoms with Crippen LogP contribution < -0.4 is 23.7 Å². The number of cyclic esters (lactones) is 1. The Hall–Kier alpha value is -3.49. The molecular weight excluding hydrogens is 532 g/mol. The van der Waals surface area contributed by atoms with E-state index in [1.165, 1.54) is 14.2 Å². The molecule has 6 rings (SSSR count). The third-order valence-electron chi connectivity index (χ3n) is 8.08. The molecule has 0 aromatic heterocycles. The zero-order chi connectivity index (χ0) is 28.3. The summed E-state index contributed by atoms with van der Waals surface area (Å²) < 4.78 is 39.4. The van der Waals surface area contributed by atoms with Crippen LogP contribution in [0.15, 0.2) is 18.2 Å². The molecule has 0 spiro atoms. The average molecular weight is 563 g/mol. The summed E-state index contributed by atoms with van der Waals surface area (Å²) >= 11 is 0. The Labute approximate surface area is 228 Å². The van der Waals surface area contributed by atoms with Gasteiger partial charge in [0.1, 0.15) is 24.4 Å². The van der Waals surface area contributed by atoms with E-state index in [9.17, 15) is 30.3 Å². The van der Waals surface area contributed by atoms with Gasteiger partial charge in [-0.15, -0.1) is 0 Å². The fourth-order valence-corrected chi connectivity index (χ4v) is 6.07. The molecule has 8 atom stereocenters. The summed E-state index contributed by atoms with van der Waals surface area (Å²) in [6.45, 7) is -0.561. The van der Waals surface area contributed by atoms with Crippen molar-refractivity contribution in [2.24, 2.45) is 11.8 Å². The molecule has 2 saturated heterocycles. The summed E-state index contributed by atoms with van der Waals surface area (Å²) in [5, 5.41) is 51.3. The number of benzene rings is 2. The molecular formula is C27H30O13. The Kier molecular flexibility index (Phi) is 6.79. The molecule has 2 fully saturated rings. The third-order valence-corrected chi connectivity index (χ3v) is 8.08. The smallest absolute Gasteiger partial charge is 0.310 e. The van der Waals surface area contributed by atoms with E-state index in [1.807, 2.05) is 0 Å². The first-order valence-electron chi connectivity index (χ1n) is 12.8. The van der Waals surface area contributed by atoms with Crippen LogP contribution in [0.2, 0.25) is 0 Å². The maximum Gasteiger partial charge on any atom is 0.310 e. The van der Waals surface area contributed by atoms with Gasteiger partial charge in [-0.3, -0.25) is 4.79 Å². The van der Waals surface area contributed by atoms with Gasteiger partial charge < -0.3 is 58.7 Å². The van der Waals surface area contributed by atoms with Crippen LogP contribution in [0.4, 0.5) is 0 Å². The monoisotopic (exact) mass is 562 g/mol. The van der Waals surface area contributed by atoms with E-state index in [1.54, 1.807) is 18.2 Å². The van der Waals surface area contributed by atoms with Crippen LogP contribution in [-0.4, -0.2) is 96.4 Å². The van der Waals surface area contributed by atoms with Crippen molar-refractivity contribution in [1.82, 2.24) is 0 Å². The lowest BCUT2D eigenvalue weighted by Gasteiger charge is -2.40. The van der Waals surface area contributed by atoms with Gasteiger partial charge >= 0.3 is 5.97 Å². The molecule has 3 unspecified atom stereocenters. The number of rotatable bonds is 6. The van der Waals surface area contributed by atoms with Gasteiger partial charge in [0.2, 0.25) is 24.6 Å². The third kappa shape index (κ3) is 4.08. The molecule has 13 heteroatoms. The highest BCUT2D eigenvalue weighted by molar-refractivity contribution is 5.79. The van der Waals surface area contributed by atoms with Gasteiger partial charge in [0.15, 0.2) is 23.0 Å². The van der Waals surface area contributed by atoms with Crippen LogP contribution in [0.25, 0.3) is 0 Å². The number of carbonyl (C=O) groups excluding carboxylic acids is 1. The lowest BCUT2D eigenvalue weighted by atomic mass is 9.67. The number of phenols is 1. The molecule has 13 nitrogen and oxygen atoms in total. The van der Waals surface area contributed by atoms with E-state index in [4.69, 9.17) is 33.2 Å². The zero-order valence-electron chi connectivity index (χ0n) is 21.7. The minimum Gasteiger partial charge on any atom is -0.502 e. The second kappa shape index (κ2) is 10.2. The van der Waals surface area contributed by atoms with E-state index in [0.717, 1.165) is 0 Å². The van der Waals surface area contributed by atoms with Crippen LogP contribution in [0.1, 0.15) is 22.6 Å². The van der Waals surface area contributed by atoms with Gasteiger partial charge in [0.25, 0.3) is 0 Å². The first-order chi connectivity index (χ1) is 19.3. The van der Waals surface area contributed by atoms with Crippen molar-refractivity contribution in [3.63, 3.8) is 0 Å². The van der Waals surface area contributed by atoms with Crippen LogP contribution >= 0.6 is 0 Å². The lowest BCUT2D eigenvalue weighted by molar-refractivity contribution is -0.277. The zero-order valence-corrected chi connectivity index (χ0v) is 21.7. The first-order valence-corrected chi connectivity index (χ1v) is 12.8. The Morgan fingerprint density at radius 2 is 1.70 bits per heavy atom. The molecule has 0 saturated carbocycles. The van der Waals surface area contributed by atoms with Crippen LogP contribution in [0.3, 0.4) is 0 Å². The molecule has 40 heavy (non-hydrogen) atoms. The van der Waals surface area contributed by atoms with Crippen molar-refractivity contribution in [3.8, 4) is 34.5 Å². The lowest BCUT2D eigenvalue weighted by Crippen LogP contribution is -2.60. The van der Waals surface area contributed by atoms with Crippen molar-refractivity contribution < 1.29 is 63.5 Å². The highest BCUT2D eigenvalue weighted by Gasteiger charge is 2.51. The molecule has 5 N–H and O–H groups in total. The van der Waals surface area contributed by atoms with Crippen molar-refractivity contribution in [2.75, 3.05) is 34.2 Å². The number of aliphatic hydroxyl groups is 4. The molecule has 0 amide bonds. The maximum absolute atomic E-state index is 13.0. The summed E-state index contributed by atoms with van der Waals surface area (Å²) in [4.78, 5) is 13.0. The summed E-state index contributed by atoms with van der Waals surface area (Å²) in [6.07, 6.45) is -7.15. The minimum absolute atomic E-state index is 0.107. The number of phenolic OH excluding ortho intramolecular Hbond substituents is 1. The Morgan fingerprint density at radius 3 is 2.38 bits per heavy atom. The molecule has 4 aliphatic rings. The topological polar surface area (TPSA) is 183 Å². The number of hydrogen-bond acceptors (Lipinski definition) is 13. The van der Waals surface area contributed by atoms with Gasteiger partial charge in [-0.2, -0.15) is 0 Å². The van der Waals surface area contributed by atoms with Gasteiger partial charge in [0, 0.05) is 17.4 Å². The fraction of sp³-hybridized carbons (Fsp3) is 0.519. The first kappa shape index (κ1) is 26.7. The molecule has 3 heterocycles. The van der Waals surface area contributed by atoms with Crippen molar-refractivity contribution >= 4 is 5.97 Å². The Bertz CT molecular complexity index is 1280. The minimum atomic E-state index is -1.65. The van der Waals surface area contributed by atoms with Gasteiger partial charge in [-0.1, -0.05) is 0 Å². The number of esters is 1. The Balaban J connectivity index is 1.50. The number of hydrogen-bond donors (Lipinski definition) is 5. The Morgan fingerprint density at radius 1 is 0.975 bits per heavy atom. The quantitative estimate of drug-likeness (QED) is 0.292. The molecule has 0 radical (unpaired) electrons. The molecule has 216 valence electrons. The van der Waals surface area contributed by atoms with Crippen LogP contribution in [-0.2, 0) is 20.7 Å². The second-order valence-electron chi connectivity index (χ2n) is 10.2. The van der Waals surface area contributed by atoms with Crippen LogP contribution in [0.5, 0.6) is 34.5 Å². The standard InChI is InChI=1S/C27H30O13/c1-34-14-4-10(5-15(35-2)20(14)29)18-12-6-16-25(38-9-37-16)24(13(12)3-11-8-36-26(33)19(11)18)40-27-23(32)22(31)21(30)17(7-28)39-27/h4-6,11,17-19,21-23,27-32H,3,7-9H2,1-2H3/t11?,17-,18?,19?,21-,22+,23-,27+/m1/s1. The molecule has 1 aliphatic carbocycles. The average Bonchev–Trinajstić information content (AvgIpc) is 3.58. The number of carbonyl (C=O) groups is 1. The molecule has 2 aromatic rings. The summed E-state index contributed by atoms with van der Waals surface area (Å²) in [5.41, 5.74) is 1.90. The van der Waals surface area contributed by atoms with E-state index >= 15 is 0 Å². The second-order valence-corrected chi connectivity index (χ2v) is 10.2. The van der Waals surface area contributed by atoms with Gasteiger partial charge in [-0.05, 0) is 35.7 Å². The predicted molar refractivity (Wildman–Crippen MR) is 132 cm³/mol. The van der Waals surface area contributed by atoms with Crippen molar-refractivity contribution in [2.45, 2.75) is 43.0 Å². The number of methoxy groups -OCH3 is 2. The number of aliphatic hydroxyl groups excluding tert-OH is 4. The summed E-state index contributed by atoms with van der Waals surface area (Å²) in [5.74, 6) is -0.932. The van der Waals surface area contributed by atoms with Crippen molar-refractivity contribution in [1.29, 1.82) is 0 Å². The van der Waals surface area contributed by atoms with E-state index in [2.05, 4.69) is 0 Å². The highest BCUT2D eigenvalue weighted by Crippen LogP contribution is 2.56. The highest BCUT2D eigenvalue weighted by atomic mass is 16.7. The molecule has 2 aromatic carbocycles. The predicted octanol–water partition coefficient (Wildman–Crippen LogP) is -0.206. The van der Waals surface area contributed by atoms with Gasteiger partial charge in [0.05, 0.1) is 33.4 Å². The molecule has 3 aliphatic heterocycles. The number of fused-ring (bicyclic) bond motifs is 3. The van der Waals surface area contributed by atoms with E-state index < -0.39 is 49.1 Å². The van der Waals surface area contributed by atoms with Crippen molar-refractivity contribution in [3.05, 3.63) is 34.9 Å². The number of ether oxygens (including phenoxy) is 7. The maximum atomic E-state index is 13.0. The van der Waals surface area contributed by atoms with E-state index in [-0.39, 0.29) is 54.0 Å². The summed E-state index contributed by atoms with van der Waals surface area (Å²) in [6, 6.07) is 5.02. The van der Waals surface area contributed by atoms with E-state index in [0.29, 0.717) is 28.9 Å². The number of aromatic hydroxyl groups is 1. The molecule has 0 bridgehead atoms. The van der Waals surface area contributed by atoms with Crippen LogP contribution in [0, 0.1) is 11.8 Å². The fourth-order valence-electron chi connectivity index (χ4n) is 6.07. The van der Waals surface area contributed by atoms with Gasteiger partial charge in [-0.25, -0.2) is 0 Å². The normalized spacial score (nSPS) is 32.2.